The largest absolute Gasteiger partial charge is 0.493 e. The predicted octanol–water partition coefficient (Wildman–Crippen LogP) is 3.65. The van der Waals surface area contributed by atoms with E-state index in [0.29, 0.717) is 15.9 Å². The van der Waals surface area contributed by atoms with Crippen LogP contribution in [-0.4, -0.2) is 24.5 Å². The van der Waals surface area contributed by atoms with E-state index in [-0.39, 0.29) is 5.88 Å². The molecule has 3 heterocycles. The molecule has 0 aliphatic rings. The molecule has 21 heavy (non-hydrogen) atoms. The Labute approximate surface area is 128 Å². The van der Waals surface area contributed by atoms with Gasteiger partial charge >= 0.3 is 0 Å². The van der Waals surface area contributed by atoms with E-state index < -0.39 is 0 Å². The number of rotatable bonds is 1. The fourth-order valence-electron chi connectivity index (χ4n) is 2.53. The van der Waals surface area contributed by atoms with Crippen LogP contribution in [0.25, 0.3) is 27.8 Å². The lowest BCUT2D eigenvalue weighted by molar-refractivity contribution is 0.444. The number of aromatic amines is 1. The minimum atomic E-state index is 0.134. The molecule has 0 aliphatic heterocycles. The topological polar surface area (TPSA) is 66.2 Å². The second kappa shape index (κ2) is 4.33. The van der Waals surface area contributed by atoms with Crippen LogP contribution in [0.4, 0.5) is 0 Å². The minimum absolute atomic E-state index is 0.134. The molecule has 1 aromatic carbocycles. The summed E-state index contributed by atoms with van der Waals surface area (Å²) in [5.74, 6) is 0.134. The maximum atomic E-state index is 10.1. The first-order valence-electron chi connectivity index (χ1n) is 6.46. The fraction of sp³-hybridized carbons (Fsp3) is 0.0667. The number of halogens is 1. The molecule has 4 rings (SSSR count). The molecule has 0 aliphatic carbocycles. The maximum Gasteiger partial charge on any atom is 0.219 e. The second-order valence-corrected chi connectivity index (χ2v) is 5.63. The van der Waals surface area contributed by atoms with Gasteiger partial charge in [-0.2, -0.15) is 0 Å². The predicted molar refractivity (Wildman–Crippen MR) is 84.4 cm³/mol. The average molecular weight is 343 g/mol. The van der Waals surface area contributed by atoms with Gasteiger partial charge in [0.25, 0.3) is 0 Å². The Kier molecular flexibility index (Phi) is 2.56. The van der Waals surface area contributed by atoms with Crippen molar-refractivity contribution >= 4 is 32.5 Å². The minimum Gasteiger partial charge on any atom is -0.493 e. The Morgan fingerprint density at radius 3 is 2.90 bits per heavy atom. The van der Waals surface area contributed by atoms with Gasteiger partial charge in [-0.25, -0.2) is 9.97 Å². The maximum absolute atomic E-state index is 10.1. The molecule has 0 saturated carbocycles. The number of benzene rings is 1. The van der Waals surface area contributed by atoms with Gasteiger partial charge in [0.15, 0.2) is 5.65 Å². The number of aromatic nitrogens is 4. The summed E-state index contributed by atoms with van der Waals surface area (Å²) in [6.07, 6.45) is 3.72. The highest BCUT2D eigenvalue weighted by atomic mass is 79.9. The summed E-state index contributed by atoms with van der Waals surface area (Å²) in [4.78, 5) is 12.1. The van der Waals surface area contributed by atoms with Gasteiger partial charge in [-0.05, 0) is 28.9 Å². The number of H-pyrrole nitrogens is 1. The zero-order valence-corrected chi connectivity index (χ0v) is 12.7. The van der Waals surface area contributed by atoms with Crippen LogP contribution < -0.4 is 0 Å². The molecular formula is C15H11BrN4O. The number of nitrogens with one attached hydrogen (secondary N) is 1. The van der Waals surface area contributed by atoms with E-state index in [4.69, 9.17) is 0 Å². The molecule has 0 fully saturated rings. The average Bonchev–Trinajstić information content (AvgIpc) is 3.03. The van der Waals surface area contributed by atoms with E-state index in [0.717, 1.165) is 22.2 Å². The molecule has 0 radical (unpaired) electrons. The summed E-state index contributed by atoms with van der Waals surface area (Å²) in [7, 11) is 0. The van der Waals surface area contributed by atoms with Crippen molar-refractivity contribution < 1.29 is 5.11 Å². The lowest BCUT2D eigenvalue weighted by Gasteiger charge is -2.03. The fourth-order valence-corrected chi connectivity index (χ4v) is 3.00. The van der Waals surface area contributed by atoms with Crippen molar-refractivity contribution in [1.82, 2.24) is 19.4 Å². The third-order valence-corrected chi connectivity index (χ3v) is 4.11. The first kappa shape index (κ1) is 12.4. The number of aryl methyl sites for hydroxylation is 1. The number of hydrogen-bond acceptors (Lipinski definition) is 3. The normalized spacial score (nSPS) is 11.5. The lowest BCUT2D eigenvalue weighted by atomic mass is 10.1. The van der Waals surface area contributed by atoms with E-state index in [2.05, 4.69) is 30.9 Å². The van der Waals surface area contributed by atoms with Gasteiger partial charge in [-0.15, -0.1) is 0 Å². The third-order valence-electron chi connectivity index (χ3n) is 3.57. The molecule has 5 nitrogen and oxygen atoms in total. The van der Waals surface area contributed by atoms with E-state index in [9.17, 15) is 5.11 Å². The van der Waals surface area contributed by atoms with Gasteiger partial charge in [-0.3, -0.25) is 4.40 Å². The summed E-state index contributed by atoms with van der Waals surface area (Å²) in [6.45, 7) is 1.76. The van der Waals surface area contributed by atoms with Crippen LogP contribution in [0.2, 0.25) is 0 Å². The van der Waals surface area contributed by atoms with E-state index in [1.807, 2.05) is 30.5 Å². The lowest BCUT2D eigenvalue weighted by Crippen LogP contribution is -1.92. The molecule has 6 heteroatoms. The number of fused-ring (bicyclic) bond motifs is 2. The molecule has 0 bridgehead atoms. The van der Waals surface area contributed by atoms with Crippen molar-refractivity contribution in [1.29, 1.82) is 0 Å². The molecular weight excluding hydrogens is 332 g/mol. The van der Waals surface area contributed by atoms with E-state index in [1.165, 1.54) is 0 Å². The van der Waals surface area contributed by atoms with Gasteiger partial charge in [-0.1, -0.05) is 18.2 Å². The van der Waals surface area contributed by atoms with Crippen molar-refractivity contribution in [2.45, 2.75) is 6.92 Å². The third kappa shape index (κ3) is 1.76. The number of nitrogens with zero attached hydrogens (tertiary/aromatic N) is 3. The number of imidazole rings is 1. The van der Waals surface area contributed by atoms with Gasteiger partial charge in [0.1, 0.15) is 10.3 Å². The summed E-state index contributed by atoms with van der Waals surface area (Å²) >= 11 is 3.43. The molecule has 0 amide bonds. The van der Waals surface area contributed by atoms with E-state index in [1.54, 1.807) is 17.5 Å². The summed E-state index contributed by atoms with van der Waals surface area (Å²) in [6, 6.07) is 8.04. The van der Waals surface area contributed by atoms with Crippen molar-refractivity contribution in [3.63, 3.8) is 0 Å². The number of aromatic hydroxyl groups is 1. The van der Waals surface area contributed by atoms with Crippen LogP contribution in [0.1, 0.15) is 5.69 Å². The molecule has 0 saturated heterocycles. The zero-order valence-electron chi connectivity index (χ0n) is 11.1. The van der Waals surface area contributed by atoms with Crippen molar-refractivity contribution in [2.75, 3.05) is 0 Å². The molecule has 0 atom stereocenters. The SMILES string of the molecule is Cc1nc2c(Br)nc(-c3c[nH]c4ccccc34)cn2c1O. The van der Waals surface area contributed by atoms with Crippen LogP contribution in [0.15, 0.2) is 41.3 Å². The van der Waals surface area contributed by atoms with Crippen LogP contribution in [0.5, 0.6) is 5.88 Å². The molecule has 0 spiro atoms. The molecule has 104 valence electrons. The highest BCUT2D eigenvalue weighted by molar-refractivity contribution is 9.10. The smallest absolute Gasteiger partial charge is 0.219 e. The van der Waals surface area contributed by atoms with Crippen LogP contribution in [-0.2, 0) is 0 Å². The van der Waals surface area contributed by atoms with Gasteiger partial charge in [0.05, 0.1) is 5.69 Å². The van der Waals surface area contributed by atoms with Gasteiger partial charge in [0, 0.05) is 28.9 Å². The Morgan fingerprint density at radius 1 is 1.24 bits per heavy atom. The number of para-hydroxylation sites is 1. The van der Waals surface area contributed by atoms with Crippen LogP contribution in [0.3, 0.4) is 0 Å². The van der Waals surface area contributed by atoms with E-state index >= 15 is 0 Å². The Morgan fingerprint density at radius 2 is 2.05 bits per heavy atom. The monoisotopic (exact) mass is 342 g/mol. The van der Waals surface area contributed by atoms with Gasteiger partial charge in [0.2, 0.25) is 5.88 Å². The first-order chi connectivity index (χ1) is 10.1. The highest BCUT2D eigenvalue weighted by Gasteiger charge is 2.15. The molecule has 2 N–H and O–H groups in total. The van der Waals surface area contributed by atoms with Crippen molar-refractivity contribution in [3.8, 4) is 17.1 Å². The standard InChI is InChI=1S/C15H11BrN4O/c1-8-15(21)20-7-12(19-13(16)14(20)18-8)10-6-17-11-5-3-2-4-9(10)11/h2-7,17,21H,1H3. The molecule has 4 aromatic rings. The van der Waals surface area contributed by atoms with Crippen molar-refractivity contribution in [3.05, 3.63) is 47.0 Å². The van der Waals surface area contributed by atoms with Gasteiger partial charge < -0.3 is 10.1 Å². The summed E-state index contributed by atoms with van der Waals surface area (Å²) in [5, 5.41) is 11.2. The Hall–Kier alpha value is -2.34. The first-order valence-corrected chi connectivity index (χ1v) is 7.25. The molecule has 0 unspecified atom stereocenters. The highest BCUT2D eigenvalue weighted by Crippen LogP contribution is 2.31. The molecule has 3 aromatic heterocycles. The Balaban J connectivity index is 2.04. The number of hydrogen-bond donors (Lipinski definition) is 2. The zero-order chi connectivity index (χ0) is 14.6. The summed E-state index contributed by atoms with van der Waals surface area (Å²) < 4.78 is 2.25. The quantitative estimate of drug-likeness (QED) is 0.554. The van der Waals surface area contributed by atoms with Crippen LogP contribution >= 0.6 is 15.9 Å². The van der Waals surface area contributed by atoms with Crippen molar-refractivity contribution in [2.24, 2.45) is 0 Å². The Bertz CT molecular complexity index is 986. The van der Waals surface area contributed by atoms with Crippen LogP contribution in [0, 0.1) is 6.92 Å². The summed E-state index contributed by atoms with van der Waals surface area (Å²) in [5.41, 5.74) is 3.98. The second-order valence-electron chi connectivity index (χ2n) is 4.88.